The van der Waals surface area contributed by atoms with Gasteiger partial charge in [0.15, 0.2) is 0 Å². The Labute approximate surface area is 112 Å². The molecule has 0 aromatic rings. The Balaban J connectivity index is 1.90. The molecule has 106 valence electrons. The molecule has 0 heterocycles. The SMILES string of the molecule is CCOC(C1CC1)C(NN)C1CCC(CC)CC1. The summed E-state index contributed by atoms with van der Waals surface area (Å²) in [5.74, 6) is 8.26. The molecule has 3 nitrogen and oxygen atoms in total. The molecule has 0 aromatic heterocycles. The third-order valence-electron chi connectivity index (χ3n) is 4.97. The molecule has 2 fully saturated rings. The number of hydrazine groups is 1. The molecular formula is C15H30N2O. The van der Waals surface area contributed by atoms with Gasteiger partial charge in [0.2, 0.25) is 0 Å². The summed E-state index contributed by atoms with van der Waals surface area (Å²) in [5.41, 5.74) is 3.09. The number of hydrogen-bond acceptors (Lipinski definition) is 3. The highest BCUT2D eigenvalue weighted by atomic mass is 16.5. The smallest absolute Gasteiger partial charge is 0.0772 e. The molecule has 0 amide bonds. The van der Waals surface area contributed by atoms with Gasteiger partial charge >= 0.3 is 0 Å². The maximum atomic E-state index is 5.98. The van der Waals surface area contributed by atoms with Crippen LogP contribution in [-0.4, -0.2) is 18.8 Å². The summed E-state index contributed by atoms with van der Waals surface area (Å²) in [6, 6.07) is 0.371. The maximum Gasteiger partial charge on any atom is 0.0772 e. The highest BCUT2D eigenvalue weighted by molar-refractivity contribution is 4.94. The van der Waals surface area contributed by atoms with E-state index in [1.165, 1.54) is 44.9 Å². The van der Waals surface area contributed by atoms with Crippen molar-refractivity contribution in [3.63, 3.8) is 0 Å². The first-order chi connectivity index (χ1) is 8.80. The first kappa shape index (κ1) is 14.3. The summed E-state index contributed by atoms with van der Waals surface area (Å²) >= 11 is 0. The molecule has 0 saturated heterocycles. The van der Waals surface area contributed by atoms with Crippen LogP contribution < -0.4 is 11.3 Å². The molecule has 0 aliphatic heterocycles. The van der Waals surface area contributed by atoms with Gasteiger partial charge in [-0.05, 0) is 50.4 Å². The van der Waals surface area contributed by atoms with E-state index in [9.17, 15) is 0 Å². The van der Waals surface area contributed by atoms with Gasteiger partial charge in [-0.2, -0.15) is 0 Å². The van der Waals surface area contributed by atoms with Gasteiger partial charge in [0.25, 0.3) is 0 Å². The first-order valence-corrected chi connectivity index (χ1v) is 7.87. The fourth-order valence-electron chi connectivity index (χ4n) is 3.60. The lowest BCUT2D eigenvalue weighted by Crippen LogP contribution is -2.51. The molecule has 2 atom stereocenters. The van der Waals surface area contributed by atoms with E-state index in [-0.39, 0.29) is 0 Å². The number of ether oxygens (including phenoxy) is 1. The number of hydrogen-bond donors (Lipinski definition) is 2. The van der Waals surface area contributed by atoms with Gasteiger partial charge in [-0.3, -0.25) is 11.3 Å². The van der Waals surface area contributed by atoms with Crippen LogP contribution in [0, 0.1) is 17.8 Å². The van der Waals surface area contributed by atoms with E-state index in [2.05, 4.69) is 19.3 Å². The van der Waals surface area contributed by atoms with Crippen molar-refractivity contribution in [2.24, 2.45) is 23.6 Å². The Morgan fingerprint density at radius 3 is 2.11 bits per heavy atom. The minimum Gasteiger partial charge on any atom is -0.377 e. The summed E-state index contributed by atoms with van der Waals surface area (Å²) in [7, 11) is 0. The highest BCUT2D eigenvalue weighted by Gasteiger charge is 2.40. The zero-order valence-corrected chi connectivity index (χ0v) is 12.0. The Hall–Kier alpha value is -0.120. The van der Waals surface area contributed by atoms with E-state index < -0.39 is 0 Å². The second-order valence-corrected chi connectivity index (χ2v) is 6.14. The van der Waals surface area contributed by atoms with E-state index in [0.717, 1.165) is 24.4 Å². The van der Waals surface area contributed by atoms with Crippen LogP contribution in [0.25, 0.3) is 0 Å². The van der Waals surface area contributed by atoms with Gasteiger partial charge in [-0.1, -0.05) is 26.2 Å². The van der Waals surface area contributed by atoms with E-state index in [1.807, 2.05) is 0 Å². The Kier molecular flexibility index (Phi) is 5.46. The second kappa shape index (κ2) is 6.88. The van der Waals surface area contributed by atoms with Gasteiger partial charge in [0, 0.05) is 6.61 Å². The Bertz CT molecular complexity index is 235. The first-order valence-electron chi connectivity index (χ1n) is 7.87. The monoisotopic (exact) mass is 254 g/mol. The largest absolute Gasteiger partial charge is 0.377 e. The predicted octanol–water partition coefficient (Wildman–Crippen LogP) is 2.85. The van der Waals surface area contributed by atoms with Crippen LogP contribution in [0.5, 0.6) is 0 Å². The second-order valence-electron chi connectivity index (χ2n) is 6.14. The van der Waals surface area contributed by atoms with Crippen LogP contribution in [0.1, 0.15) is 58.8 Å². The van der Waals surface area contributed by atoms with Crippen molar-refractivity contribution in [3.8, 4) is 0 Å². The summed E-state index contributed by atoms with van der Waals surface area (Å²) in [6.07, 6.45) is 9.74. The Morgan fingerprint density at radius 2 is 1.67 bits per heavy atom. The fraction of sp³-hybridized carbons (Fsp3) is 1.00. The van der Waals surface area contributed by atoms with Gasteiger partial charge in [0.05, 0.1) is 12.1 Å². The molecule has 0 radical (unpaired) electrons. The predicted molar refractivity (Wildman–Crippen MR) is 75.0 cm³/mol. The molecule has 0 spiro atoms. The lowest BCUT2D eigenvalue weighted by Gasteiger charge is -2.37. The molecule has 0 aromatic carbocycles. The van der Waals surface area contributed by atoms with Gasteiger partial charge in [-0.25, -0.2) is 0 Å². The molecule has 2 saturated carbocycles. The topological polar surface area (TPSA) is 47.3 Å². The Morgan fingerprint density at radius 1 is 1.06 bits per heavy atom. The number of nitrogens with one attached hydrogen (secondary N) is 1. The van der Waals surface area contributed by atoms with Crippen molar-refractivity contribution in [2.45, 2.75) is 70.9 Å². The van der Waals surface area contributed by atoms with E-state index in [0.29, 0.717) is 12.1 Å². The number of nitrogens with two attached hydrogens (primary N) is 1. The minimum atomic E-state index is 0.350. The van der Waals surface area contributed by atoms with Gasteiger partial charge < -0.3 is 4.74 Å². The van der Waals surface area contributed by atoms with Crippen LogP contribution >= 0.6 is 0 Å². The minimum absolute atomic E-state index is 0.350. The molecule has 18 heavy (non-hydrogen) atoms. The average Bonchev–Trinajstić information content (AvgIpc) is 3.23. The highest BCUT2D eigenvalue weighted by Crippen LogP contribution is 2.40. The summed E-state index contributed by atoms with van der Waals surface area (Å²) in [5, 5.41) is 0. The number of rotatable bonds is 7. The third kappa shape index (κ3) is 3.46. The molecule has 3 heteroatoms. The van der Waals surface area contributed by atoms with Crippen LogP contribution in [0.3, 0.4) is 0 Å². The standard InChI is InChI=1S/C15H30N2O/c1-3-11-5-7-12(8-6-11)14(17-16)15(18-4-2)13-9-10-13/h11-15,17H,3-10,16H2,1-2H3. The van der Waals surface area contributed by atoms with Crippen molar-refractivity contribution in [2.75, 3.05) is 6.61 Å². The van der Waals surface area contributed by atoms with Crippen molar-refractivity contribution in [1.29, 1.82) is 0 Å². The molecular weight excluding hydrogens is 224 g/mol. The lowest BCUT2D eigenvalue weighted by atomic mass is 9.76. The zero-order chi connectivity index (χ0) is 13.0. The van der Waals surface area contributed by atoms with Crippen molar-refractivity contribution >= 4 is 0 Å². The molecule has 3 N–H and O–H groups in total. The molecule has 2 unspecified atom stereocenters. The summed E-state index contributed by atoms with van der Waals surface area (Å²) in [4.78, 5) is 0. The molecule has 0 bridgehead atoms. The lowest BCUT2D eigenvalue weighted by molar-refractivity contribution is -0.00495. The zero-order valence-electron chi connectivity index (χ0n) is 12.0. The average molecular weight is 254 g/mol. The van der Waals surface area contributed by atoms with Crippen molar-refractivity contribution in [3.05, 3.63) is 0 Å². The van der Waals surface area contributed by atoms with Crippen molar-refractivity contribution < 1.29 is 4.74 Å². The summed E-state index contributed by atoms with van der Waals surface area (Å²) < 4.78 is 5.98. The quantitative estimate of drug-likeness (QED) is 0.542. The van der Waals surface area contributed by atoms with Crippen LogP contribution in [-0.2, 0) is 4.74 Å². The molecule has 2 aliphatic carbocycles. The molecule has 2 aliphatic rings. The normalized spacial score (nSPS) is 32.2. The molecule has 2 rings (SSSR count). The van der Waals surface area contributed by atoms with E-state index in [1.54, 1.807) is 0 Å². The van der Waals surface area contributed by atoms with Gasteiger partial charge in [-0.15, -0.1) is 0 Å². The van der Waals surface area contributed by atoms with E-state index >= 15 is 0 Å². The van der Waals surface area contributed by atoms with E-state index in [4.69, 9.17) is 10.6 Å². The van der Waals surface area contributed by atoms with Gasteiger partial charge in [0.1, 0.15) is 0 Å². The third-order valence-corrected chi connectivity index (χ3v) is 4.97. The fourth-order valence-corrected chi connectivity index (χ4v) is 3.60. The van der Waals surface area contributed by atoms with Crippen LogP contribution in [0.2, 0.25) is 0 Å². The summed E-state index contributed by atoms with van der Waals surface area (Å²) in [6.45, 7) is 5.22. The van der Waals surface area contributed by atoms with Crippen LogP contribution in [0.15, 0.2) is 0 Å². The maximum absolute atomic E-state index is 5.98. The van der Waals surface area contributed by atoms with Crippen molar-refractivity contribution in [1.82, 2.24) is 5.43 Å². The van der Waals surface area contributed by atoms with Crippen LogP contribution in [0.4, 0.5) is 0 Å².